The lowest BCUT2D eigenvalue weighted by atomic mass is 10.4. The van der Waals surface area contributed by atoms with Crippen molar-refractivity contribution in [1.29, 1.82) is 0 Å². The number of hydrogen-bond donors (Lipinski definition) is 2. The van der Waals surface area contributed by atoms with Gasteiger partial charge in [-0.05, 0) is 13.8 Å². The van der Waals surface area contributed by atoms with Crippen molar-refractivity contribution < 1.29 is 4.79 Å². The lowest BCUT2D eigenvalue weighted by Crippen LogP contribution is -2.51. The first-order chi connectivity index (χ1) is 5.70. The number of rotatable bonds is 1. The van der Waals surface area contributed by atoms with Crippen LogP contribution >= 0.6 is 0 Å². The minimum absolute atomic E-state index is 0.0608. The van der Waals surface area contributed by atoms with Crippen LogP contribution in [0.15, 0.2) is 12.2 Å². The molecule has 68 valence electrons. The van der Waals surface area contributed by atoms with Gasteiger partial charge in [0.05, 0.1) is 6.54 Å². The van der Waals surface area contributed by atoms with Gasteiger partial charge < -0.3 is 5.32 Å². The number of nitrogens with zero attached hydrogens (tertiary/aromatic N) is 1. The molecule has 4 nitrogen and oxygen atoms in total. The summed E-state index contributed by atoms with van der Waals surface area (Å²) in [6, 6.07) is 0.125. The second-order valence-electron chi connectivity index (χ2n) is 3.05. The van der Waals surface area contributed by atoms with E-state index in [1.807, 2.05) is 26.0 Å². The Morgan fingerprint density at radius 3 is 2.83 bits per heavy atom. The topological polar surface area (TPSA) is 44.4 Å². The first kappa shape index (κ1) is 9.06. The zero-order valence-corrected chi connectivity index (χ0v) is 7.50. The molecule has 0 atom stereocenters. The van der Waals surface area contributed by atoms with Gasteiger partial charge in [0.25, 0.3) is 0 Å². The summed E-state index contributed by atoms with van der Waals surface area (Å²) in [7, 11) is 0. The largest absolute Gasteiger partial charge is 0.335 e. The molecule has 0 saturated carbocycles. The molecule has 0 radical (unpaired) electrons. The summed E-state index contributed by atoms with van der Waals surface area (Å²) in [6.07, 6.45) is 3.97. The molecule has 0 unspecified atom stereocenters. The predicted octanol–water partition coefficient (Wildman–Crippen LogP) is 0.481. The number of nitrogens with one attached hydrogen (secondary N) is 2. The summed E-state index contributed by atoms with van der Waals surface area (Å²) in [5.74, 6) is 0. The molecule has 0 aliphatic carbocycles. The van der Waals surface area contributed by atoms with E-state index in [0.29, 0.717) is 6.54 Å². The van der Waals surface area contributed by atoms with E-state index in [9.17, 15) is 4.79 Å². The fourth-order valence-corrected chi connectivity index (χ4v) is 0.970. The molecule has 0 bridgehead atoms. The van der Waals surface area contributed by atoms with Gasteiger partial charge in [-0.1, -0.05) is 12.2 Å². The summed E-state index contributed by atoms with van der Waals surface area (Å²) in [5.41, 5.74) is 2.96. The SMILES string of the molecule is CC(C)NC(=O)N1CC=CCN1. The molecule has 2 amide bonds. The van der Waals surface area contributed by atoms with Crippen LogP contribution in [0, 0.1) is 0 Å². The molecule has 0 fully saturated rings. The number of hydrazine groups is 1. The Balaban J connectivity index is 2.36. The second-order valence-corrected chi connectivity index (χ2v) is 3.05. The highest BCUT2D eigenvalue weighted by molar-refractivity contribution is 5.74. The first-order valence-electron chi connectivity index (χ1n) is 4.16. The minimum atomic E-state index is -0.0608. The van der Waals surface area contributed by atoms with Gasteiger partial charge in [-0.15, -0.1) is 0 Å². The maximum Gasteiger partial charge on any atom is 0.332 e. The highest BCUT2D eigenvalue weighted by Crippen LogP contribution is 1.92. The molecule has 1 aliphatic rings. The number of amides is 2. The van der Waals surface area contributed by atoms with Gasteiger partial charge in [0, 0.05) is 12.6 Å². The van der Waals surface area contributed by atoms with E-state index in [4.69, 9.17) is 0 Å². The molecule has 0 aromatic carbocycles. The first-order valence-corrected chi connectivity index (χ1v) is 4.16. The molecule has 1 rings (SSSR count). The highest BCUT2D eigenvalue weighted by atomic mass is 16.2. The average Bonchev–Trinajstić information content (AvgIpc) is 2.05. The van der Waals surface area contributed by atoms with Gasteiger partial charge in [-0.2, -0.15) is 0 Å². The monoisotopic (exact) mass is 169 g/mol. The Morgan fingerprint density at radius 2 is 2.33 bits per heavy atom. The molecular weight excluding hydrogens is 154 g/mol. The number of urea groups is 1. The molecule has 1 aliphatic heterocycles. The van der Waals surface area contributed by atoms with Crippen molar-refractivity contribution in [2.24, 2.45) is 0 Å². The number of carbonyl (C=O) groups is 1. The second kappa shape index (κ2) is 4.11. The molecule has 0 spiro atoms. The van der Waals surface area contributed by atoms with Gasteiger partial charge in [0.15, 0.2) is 0 Å². The normalized spacial score (nSPS) is 16.8. The van der Waals surface area contributed by atoms with E-state index in [2.05, 4.69) is 10.7 Å². The zero-order valence-electron chi connectivity index (χ0n) is 7.50. The van der Waals surface area contributed by atoms with Crippen molar-refractivity contribution in [3.63, 3.8) is 0 Å². The molecule has 1 heterocycles. The van der Waals surface area contributed by atoms with E-state index >= 15 is 0 Å². The van der Waals surface area contributed by atoms with Crippen LogP contribution in [-0.4, -0.2) is 30.2 Å². The summed E-state index contributed by atoms with van der Waals surface area (Å²) in [4.78, 5) is 11.3. The lowest BCUT2D eigenvalue weighted by molar-refractivity contribution is 0.176. The lowest BCUT2D eigenvalue weighted by Gasteiger charge is -2.25. The van der Waals surface area contributed by atoms with Gasteiger partial charge in [0.2, 0.25) is 0 Å². The molecule has 0 aromatic heterocycles. The van der Waals surface area contributed by atoms with Crippen LogP contribution < -0.4 is 10.7 Å². The number of carbonyl (C=O) groups excluding carboxylic acids is 1. The van der Waals surface area contributed by atoms with Gasteiger partial charge in [-0.3, -0.25) is 5.01 Å². The third-order valence-corrected chi connectivity index (χ3v) is 1.51. The van der Waals surface area contributed by atoms with Gasteiger partial charge in [-0.25, -0.2) is 10.2 Å². The van der Waals surface area contributed by atoms with Crippen LogP contribution in [0.25, 0.3) is 0 Å². The third-order valence-electron chi connectivity index (χ3n) is 1.51. The van der Waals surface area contributed by atoms with Crippen molar-refractivity contribution in [1.82, 2.24) is 15.8 Å². The minimum Gasteiger partial charge on any atom is -0.335 e. The van der Waals surface area contributed by atoms with Gasteiger partial charge >= 0.3 is 6.03 Å². The van der Waals surface area contributed by atoms with Gasteiger partial charge in [0.1, 0.15) is 0 Å². The van der Waals surface area contributed by atoms with E-state index in [0.717, 1.165) is 6.54 Å². The molecule has 0 saturated heterocycles. The third kappa shape index (κ3) is 2.54. The fourth-order valence-electron chi connectivity index (χ4n) is 0.970. The van der Waals surface area contributed by atoms with Crippen molar-refractivity contribution in [2.75, 3.05) is 13.1 Å². The highest BCUT2D eigenvalue weighted by Gasteiger charge is 2.13. The van der Waals surface area contributed by atoms with Crippen molar-refractivity contribution in [3.8, 4) is 0 Å². The van der Waals surface area contributed by atoms with E-state index in [1.54, 1.807) is 5.01 Å². The van der Waals surface area contributed by atoms with E-state index in [1.165, 1.54) is 0 Å². The van der Waals surface area contributed by atoms with Crippen LogP contribution in [0.1, 0.15) is 13.8 Å². The summed E-state index contributed by atoms with van der Waals surface area (Å²) < 4.78 is 0. The fraction of sp³-hybridized carbons (Fsp3) is 0.625. The van der Waals surface area contributed by atoms with Crippen LogP contribution in [0.4, 0.5) is 4.79 Å². The molecular formula is C8H15N3O. The van der Waals surface area contributed by atoms with Crippen LogP contribution in [0.5, 0.6) is 0 Å². The maximum absolute atomic E-state index is 11.3. The molecule has 4 heteroatoms. The Bertz CT molecular complexity index is 189. The van der Waals surface area contributed by atoms with Crippen molar-refractivity contribution >= 4 is 6.03 Å². The standard InChI is InChI=1S/C8H15N3O/c1-7(2)10-8(12)11-6-4-3-5-9-11/h3-4,7,9H,5-6H2,1-2H3,(H,10,12). The smallest absolute Gasteiger partial charge is 0.332 e. The summed E-state index contributed by atoms with van der Waals surface area (Å²) in [5, 5.41) is 4.37. The zero-order chi connectivity index (χ0) is 8.97. The molecule has 12 heavy (non-hydrogen) atoms. The Labute approximate surface area is 72.6 Å². The molecule has 2 N–H and O–H groups in total. The van der Waals surface area contributed by atoms with Crippen molar-refractivity contribution in [3.05, 3.63) is 12.2 Å². The quantitative estimate of drug-likeness (QED) is 0.561. The summed E-state index contributed by atoms with van der Waals surface area (Å²) >= 11 is 0. The summed E-state index contributed by atoms with van der Waals surface area (Å²) in [6.45, 7) is 5.25. The number of hydrogen-bond acceptors (Lipinski definition) is 2. The Morgan fingerprint density at radius 1 is 1.58 bits per heavy atom. The average molecular weight is 169 g/mol. The van der Waals surface area contributed by atoms with Crippen LogP contribution in [0.2, 0.25) is 0 Å². The Hall–Kier alpha value is -1.03. The van der Waals surface area contributed by atoms with Crippen molar-refractivity contribution in [2.45, 2.75) is 19.9 Å². The van der Waals surface area contributed by atoms with E-state index in [-0.39, 0.29) is 12.1 Å². The molecule has 0 aromatic rings. The maximum atomic E-state index is 11.3. The Kier molecular flexibility index (Phi) is 3.10. The predicted molar refractivity (Wildman–Crippen MR) is 47.5 cm³/mol. The van der Waals surface area contributed by atoms with Crippen LogP contribution in [-0.2, 0) is 0 Å². The van der Waals surface area contributed by atoms with E-state index < -0.39 is 0 Å². The van der Waals surface area contributed by atoms with Crippen LogP contribution in [0.3, 0.4) is 0 Å².